The quantitative estimate of drug-likeness (QED) is 0.443. The standard InChI is InChI=1S/C19H29ClN4O/c1-4-11-24-12-9-17(10-13-24)23-19(21-3)22-14-15(2)25-18-7-5-16(20)6-8-18/h4-8,15,17H,1,9-14H2,2-3H3,(H2,21,22,23). The minimum Gasteiger partial charge on any atom is -0.489 e. The van der Waals surface area contributed by atoms with Crippen LogP contribution in [-0.4, -0.2) is 56.2 Å². The molecule has 1 atom stereocenters. The Kier molecular flexibility index (Phi) is 8.09. The summed E-state index contributed by atoms with van der Waals surface area (Å²) in [6.45, 7) is 9.67. The average Bonchev–Trinajstić information content (AvgIpc) is 2.62. The van der Waals surface area contributed by atoms with Gasteiger partial charge in [-0.05, 0) is 44.0 Å². The Morgan fingerprint density at radius 3 is 2.68 bits per heavy atom. The van der Waals surface area contributed by atoms with Gasteiger partial charge in [0.1, 0.15) is 11.9 Å². The lowest BCUT2D eigenvalue weighted by Crippen LogP contribution is -2.50. The molecule has 2 N–H and O–H groups in total. The van der Waals surface area contributed by atoms with Crippen LogP contribution in [0, 0.1) is 0 Å². The van der Waals surface area contributed by atoms with E-state index in [-0.39, 0.29) is 6.10 Å². The Balaban J connectivity index is 1.71. The predicted octanol–water partition coefficient (Wildman–Crippen LogP) is 2.92. The van der Waals surface area contributed by atoms with Gasteiger partial charge < -0.3 is 15.4 Å². The molecule has 1 aliphatic rings. The van der Waals surface area contributed by atoms with Crippen molar-refractivity contribution in [3.8, 4) is 5.75 Å². The van der Waals surface area contributed by atoms with Crippen LogP contribution in [0.5, 0.6) is 5.75 Å². The van der Waals surface area contributed by atoms with Gasteiger partial charge in [0.15, 0.2) is 5.96 Å². The van der Waals surface area contributed by atoms with Crippen LogP contribution in [0.2, 0.25) is 5.02 Å². The van der Waals surface area contributed by atoms with E-state index < -0.39 is 0 Å². The number of nitrogens with zero attached hydrogens (tertiary/aromatic N) is 2. The SMILES string of the molecule is C=CCN1CCC(NC(=NC)NCC(C)Oc2ccc(Cl)cc2)CC1. The van der Waals surface area contributed by atoms with Gasteiger partial charge in [-0.2, -0.15) is 0 Å². The molecular formula is C19H29ClN4O. The number of hydrogen-bond donors (Lipinski definition) is 2. The summed E-state index contributed by atoms with van der Waals surface area (Å²) in [5.74, 6) is 1.64. The first-order valence-corrected chi connectivity index (χ1v) is 9.21. The maximum absolute atomic E-state index is 5.89. The van der Waals surface area contributed by atoms with Crippen molar-refractivity contribution in [3.05, 3.63) is 41.9 Å². The fourth-order valence-corrected chi connectivity index (χ4v) is 2.98. The largest absolute Gasteiger partial charge is 0.489 e. The highest BCUT2D eigenvalue weighted by Crippen LogP contribution is 2.16. The third-order valence-corrected chi connectivity index (χ3v) is 4.50. The van der Waals surface area contributed by atoms with E-state index in [4.69, 9.17) is 16.3 Å². The lowest BCUT2D eigenvalue weighted by atomic mass is 10.1. The Labute approximate surface area is 156 Å². The highest BCUT2D eigenvalue weighted by Gasteiger charge is 2.19. The van der Waals surface area contributed by atoms with Crippen molar-refractivity contribution >= 4 is 17.6 Å². The molecule has 1 unspecified atom stereocenters. The van der Waals surface area contributed by atoms with Gasteiger partial charge in [-0.15, -0.1) is 6.58 Å². The molecule has 6 heteroatoms. The van der Waals surface area contributed by atoms with Gasteiger partial charge in [0.25, 0.3) is 0 Å². The fraction of sp³-hybridized carbons (Fsp3) is 0.526. The van der Waals surface area contributed by atoms with Crippen molar-refractivity contribution < 1.29 is 4.74 Å². The second-order valence-electron chi connectivity index (χ2n) is 6.34. The molecule has 0 radical (unpaired) electrons. The lowest BCUT2D eigenvalue weighted by Gasteiger charge is -2.32. The first kappa shape index (κ1) is 19.6. The zero-order valence-corrected chi connectivity index (χ0v) is 15.9. The fourth-order valence-electron chi connectivity index (χ4n) is 2.86. The molecule has 0 spiro atoms. The molecule has 1 heterocycles. The summed E-state index contributed by atoms with van der Waals surface area (Å²) in [5, 5.41) is 7.56. The van der Waals surface area contributed by atoms with Crippen LogP contribution in [0.25, 0.3) is 0 Å². The van der Waals surface area contributed by atoms with Crippen LogP contribution < -0.4 is 15.4 Å². The summed E-state index contributed by atoms with van der Waals surface area (Å²) in [4.78, 5) is 6.74. The van der Waals surface area contributed by atoms with E-state index in [0.717, 1.165) is 44.2 Å². The van der Waals surface area contributed by atoms with E-state index in [1.165, 1.54) is 0 Å². The number of likely N-dealkylation sites (tertiary alicyclic amines) is 1. The molecule has 1 aliphatic heterocycles. The average molecular weight is 365 g/mol. The maximum atomic E-state index is 5.89. The smallest absolute Gasteiger partial charge is 0.191 e. The Morgan fingerprint density at radius 2 is 2.08 bits per heavy atom. The molecule has 5 nitrogen and oxygen atoms in total. The van der Waals surface area contributed by atoms with E-state index in [9.17, 15) is 0 Å². The van der Waals surface area contributed by atoms with Crippen LogP contribution >= 0.6 is 11.6 Å². The van der Waals surface area contributed by atoms with Crippen LogP contribution in [0.15, 0.2) is 41.9 Å². The molecule has 138 valence electrons. The highest BCUT2D eigenvalue weighted by atomic mass is 35.5. The van der Waals surface area contributed by atoms with Gasteiger partial charge in [0, 0.05) is 37.7 Å². The zero-order chi connectivity index (χ0) is 18.1. The van der Waals surface area contributed by atoms with Gasteiger partial charge >= 0.3 is 0 Å². The maximum Gasteiger partial charge on any atom is 0.191 e. The van der Waals surface area contributed by atoms with E-state index in [1.807, 2.05) is 37.3 Å². The topological polar surface area (TPSA) is 48.9 Å². The molecule has 0 bridgehead atoms. The molecule has 1 fully saturated rings. The van der Waals surface area contributed by atoms with Crippen molar-refractivity contribution in [2.75, 3.05) is 33.2 Å². The summed E-state index contributed by atoms with van der Waals surface area (Å²) in [5.41, 5.74) is 0. The summed E-state index contributed by atoms with van der Waals surface area (Å²) in [7, 11) is 1.80. The number of hydrogen-bond acceptors (Lipinski definition) is 3. The van der Waals surface area contributed by atoms with E-state index in [1.54, 1.807) is 7.05 Å². The molecule has 1 aromatic carbocycles. The normalized spacial score (nSPS) is 17.8. The Bertz CT molecular complexity index is 553. The summed E-state index contributed by atoms with van der Waals surface area (Å²) >= 11 is 5.89. The highest BCUT2D eigenvalue weighted by molar-refractivity contribution is 6.30. The lowest BCUT2D eigenvalue weighted by molar-refractivity contribution is 0.219. The molecule has 2 rings (SSSR count). The molecule has 1 saturated heterocycles. The third-order valence-electron chi connectivity index (χ3n) is 4.25. The minimum absolute atomic E-state index is 0.0224. The van der Waals surface area contributed by atoms with Crippen molar-refractivity contribution in [3.63, 3.8) is 0 Å². The van der Waals surface area contributed by atoms with Gasteiger partial charge in [-0.3, -0.25) is 9.89 Å². The molecule has 0 aliphatic carbocycles. The monoisotopic (exact) mass is 364 g/mol. The Hall–Kier alpha value is -1.72. The van der Waals surface area contributed by atoms with Crippen LogP contribution in [0.4, 0.5) is 0 Å². The molecular weight excluding hydrogens is 336 g/mol. The number of guanidine groups is 1. The molecule has 0 saturated carbocycles. The van der Waals surface area contributed by atoms with E-state index in [2.05, 4.69) is 27.1 Å². The van der Waals surface area contributed by atoms with Gasteiger partial charge in [-0.1, -0.05) is 17.7 Å². The first-order chi connectivity index (χ1) is 12.1. The van der Waals surface area contributed by atoms with Crippen molar-refractivity contribution in [1.29, 1.82) is 0 Å². The van der Waals surface area contributed by atoms with E-state index >= 15 is 0 Å². The first-order valence-electron chi connectivity index (χ1n) is 8.83. The zero-order valence-electron chi connectivity index (χ0n) is 15.2. The predicted molar refractivity (Wildman–Crippen MR) is 106 cm³/mol. The van der Waals surface area contributed by atoms with Gasteiger partial charge in [0.05, 0.1) is 6.54 Å². The van der Waals surface area contributed by atoms with Crippen molar-refractivity contribution in [2.45, 2.75) is 31.9 Å². The number of benzene rings is 1. The number of ether oxygens (including phenoxy) is 1. The van der Waals surface area contributed by atoms with Crippen LogP contribution in [-0.2, 0) is 0 Å². The second-order valence-corrected chi connectivity index (χ2v) is 6.78. The molecule has 0 aromatic heterocycles. The summed E-state index contributed by atoms with van der Waals surface area (Å²) in [6, 6.07) is 7.87. The van der Waals surface area contributed by atoms with Crippen molar-refractivity contribution in [2.24, 2.45) is 4.99 Å². The van der Waals surface area contributed by atoms with E-state index in [0.29, 0.717) is 17.6 Å². The van der Waals surface area contributed by atoms with Crippen molar-refractivity contribution in [1.82, 2.24) is 15.5 Å². The second kappa shape index (κ2) is 10.3. The Morgan fingerprint density at radius 1 is 1.40 bits per heavy atom. The summed E-state index contributed by atoms with van der Waals surface area (Å²) < 4.78 is 5.88. The van der Waals surface area contributed by atoms with Gasteiger partial charge in [-0.25, -0.2) is 0 Å². The number of rotatable bonds is 7. The number of nitrogens with one attached hydrogen (secondary N) is 2. The third kappa shape index (κ3) is 6.96. The molecule has 25 heavy (non-hydrogen) atoms. The van der Waals surface area contributed by atoms with Crippen LogP contribution in [0.1, 0.15) is 19.8 Å². The van der Waals surface area contributed by atoms with Crippen LogP contribution in [0.3, 0.4) is 0 Å². The summed E-state index contributed by atoms with van der Waals surface area (Å²) in [6.07, 6.45) is 4.22. The number of halogens is 1. The number of piperidine rings is 1. The molecule has 0 amide bonds. The number of aliphatic imine (C=N–C) groups is 1. The van der Waals surface area contributed by atoms with Gasteiger partial charge in [0.2, 0.25) is 0 Å². The molecule has 1 aromatic rings. The minimum atomic E-state index is 0.0224.